The molecule has 0 radical (unpaired) electrons. The topological polar surface area (TPSA) is 207 Å². The van der Waals surface area contributed by atoms with Gasteiger partial charge in [-0.05, 0) is 73.9 Å². The summed E-state index contributed by atoms with van der Waals surface area (Å²) in [5, 5.41) is 0. The van der Waals surface area contributed by atoms with Gasteiger partial charge in [0.05, 0.1) is 43.9 Å². The van der Waals surface area contributed by atoms with Crippen molar-refractivity contribution in [2.24, 2.45) is 0 Å². The van der Waals surface area contributed by atoms with E-state index in [4.69, 9.17) is 51.9 Å². The molecule has 5 aromatic heterocycles. The first-order valence-corrected chi connectivity index (χ1v) is 31.2. The zero-order valence-electron chi connectivity index (χ0n) is 41.7. The molecule has 0 saturated carbocycles. The molecule has 5 aliphatic rings. The van der Waals surface area contributed by atoms with Gasteiger partial charge >= 0.3 is 5.75 Å². The number of aliphatic hydroxyl groups is 1. The Kier molecular flexibility index (Phi) is 15.6. The second-order valence-electron chi connectivity index (χ2n) is 17.8. The molecule has 2 unspecified atom stereocenters. The summed E-state index contributed by atoms with van der Waals surface area (Å²) in [5.74, 6) is 8.45. The van der Waals surface area contributed by atoms with E-state index in [9.17, 15) is 21.4 Å². The second kappa shape index (κ2) is 22.0. The average Bonchev–Trinajstić information content (AvgIpc) is 4.26. The van der Waals surface area contributed by atoms with Crippen LogP contribution in [-0.4, -0.2) is 96.7 Å². The number of hydrogen-bond donors (Lipinski definition) is 1. The normalized spacial score (nSPS) is 15.9. The lowest BCUT2D eigenvalue weighted by molar-refractivity contribution is 0.0108. The molecule has 10 heterocycles. The SMILES string of the molecule is CCC(C)c1ccc(S(=O)(=O)O)cc1.CCC(C)c1ccc(S(=O)(=O)[O-])cc1.Cc1sc(-c2sc(-c3sc(-c4sc(-c5sc(C)c6c5OCC[OH+]6)c5c4OCCO5)c4c3OCCO4)c3c2OCCO3)c2c1OCCO2. The summed E-state index contributed by atoms with van der Waals surface area (Å²) in [4.78, 5) is 9.68. The Morgan fingerprint density at radius 3 is 1.13 bits per heavy atom. The van der Waals surface area contributed by atoms with E-state index < -0.39 is 20.2 Å². The lowest BCUT2D eigenvalue weighted by Gasteiger charge is -2.19. The molecule has 75 heavy (non-hydrogen) atoms. The molecule has 16 nitrogen and oxygen atoms in total. The molecule has 0 bridgehead atoms. The van der Waals surface area contributed by atoms with Crippen LogP contribution >= 0.6 is 56.7 Å². The van der Waals surface area contributed by atoms with Gasteiger partial charge in [0, 0.05) is 4.88 Å². The van der Waals surface area contributed by atoms with Crippen LogP contribution in [0.5, 0.6) is 57.5 Å². The molecular formula is C52H54O16S7. The molecule has 400 valence electrons. The third kappa shape index (κ3) is 10.6. The van der Waals surface area contributed by atoms with Crippen LogP contribution in [0.25, 0.3) is 39.0 Å². The Bertz CT molecular complexity index is 3210. The number of ether oxygens (including phenoxy) is 10. The van der Waals surface area contributed by atoms with Crippen molar-refractivity contribution in [1.82, 2.24) is 0 Å². The molecule has 0 spiro atoms. The van der Waals surface area contributed by atoms with Gasteiger partial charge in [0.2, 0.25) is 12.4 Å². The third-order valence-electron chi connectivity index (χ3n) is 12.9. The van der Waals surface area contributed by atoms with Gasteiger partial charge in [0.1, 0.15) is 72.7 Å². The second-order valence-corrected chi connectivity index (χ2v) is 26.1. The van der Waals surface area contributed by atoms with Crippen molar-refractivity contribution in [2.45, 2.75) is 76.0 Å². The largest absolute Gasteiger partial charge is 0.744 e. The van der Waals surface area contributed by atoms with Crippen molar-refractivity contribution in [3.05, 3.63) is 69.4 Å². The van der Waals surface area contributed by atoms with Crippen molar-refractivity contribution in [2.75, 3.05) is 66.1 Å². The molecule has 23 heteroatoms. The summed E-state index contributed by atoms with van der Waals surface area (Å²) in [5.41, 5.74) is 2.14. The van der Waals surface area contributed by atoms with Crippen molar-refractivity contribution < 1.29 is 73.3 Å². The standard InChI is InChI=1S/C32H26O10S5.2C10H14O3S/c1-13-15-17(35-5-3-33-15)25(43-13)27-19-21(39-9-7-37-19)29(45-27)31-23-24(42-12-11-41-23)32(47-31)30-22-20(38-8-10-40-22)28(46-30)26-18-16(14(2)44-26)34-4-6-36-18;2*1-3-8(2)9-4-6-10(7-5-9)14(11,12)13/h3-12H2,1-2H3;2*4-8H,3H2,1-2H3,(H,11,12,13). The maximum absolute atomic E-state index is 10.7. The van der Waals surface area contributed by atoms with Crippen LogP contribution in [0.1, 0.15) is 73.3 Å². The van der Waals surface area contributed by atoms with Crippen molar-refractivity contribution in [1.29, 1.82) is 0 Å². The van der Waals surface area contributed by atoms with E-state index in [2.05, 4.69) is 41.5 Å². The van der Waals surface area contributed by atoms with Gasteiger partial charge in [-0.1, -0.05) is 52.0 Å². The van der Waals surface area contributed by atoms with Crippen LogP contribution in [-0.2, 0) is 20.2 Å². The van der Waals surface area contributed by atoms with Crippen LogP contribution in [0.2, 0.25) is 0 Å². The Morgan fingerprint density at radius 2 is 0.773 bits per heavy atom. The third-order valence-corrected chi connectivity index (χ3v) is 20.9. The van der Waals surface area contributed by atoms with E-state index in [0.29, 0.717) is 95.2 Å². The Balaban J connectivity index is 0.000000188. The maximum Gasteiger partial charge on any atom is 0.312 e. The van der Waals surface area contributed by atoms with Gasteiger partial charge in [0.15, 0.2) is 52.6 Å². The van der Waals surface area contributed by atoms with Crippen LogP contribution in [0, 0.1) is 13.8 Å². The number of rotatable bonds is 10. The zero-order chi connectivity index (χ0) is 52.8. The maximum atomic E-state index is 10.7. The number of fused-ring (bicyclic) bond motifs is 5. The van der Waals surface area contributed by atoms with Gasteiger partial charge < -0.3 is 51.9 Å². The fraction of sp³-hybridized carbons (Fsp3) is 0.385. The molecule has 5 aliphatic heterocycles. The van der Waals surface area contributed by atoms with Crippen LogP contribution in [0.4, 0.5) is 0 Å². The highest BCUT2D eigenvalue weighted by Crippen LogP contribution is 2.67. The lowest BCUT2D eigenvalue weighted by Crippen LogP contribution is -2.16. The average molecular weight is 1160 g/mol. The highest BCUT2D eigenvalue weighted by atomic mass is 32.2. The van der Waals surface area contributed by atoms with Gasteiger partial charge in [0.25, 0.3) is 10.1 Å². The smallest absolute Gasteiger partial charge is 0.312 e. The summed E-state index contributed by atoms with van der Waals surface area (Å²) in [7, 11) is -8.35. The lowest BCUT2D eigenvalue weighted by atomic mass is 9.99. The summed E-state index contributed by atoms with van der Waals surface area (Å²) >= 11 is 8.19. The van der Waals surface area contributed by atoms with Crippen LogP contribution in [0.3, 0.4) is 0 Å². The van der Waals surface area contributed by atoms with Crippen molar-refractivity contribution in [3.8, 4) is 96.5 Å². The minimum Gasteiger partial charge on any atom is -0.744 e. The first-order valence-electron chi connectivity index (χ1n) is 24.3. The fourth-order valence-corrected chi connectivity index (χ4v) is 15.8. The molecule has 0 saturated heterocycles. The number of thiophene rings is 5. The fourth-order valence-electron chi connectivity index (χ4n) is 8.68. The number of benzene rings is 2. The molecule has 12 rings (SSSR count). The van der Waals surface area contributed by atoms with Crippen LogP contribution in [0.15, 0.2) is 58.3 Å². The molecule has 0 fully saturated rings. The highest BCUT2D eigenvalue weighted by molar-refractivity contribution is 7.86. The minimum atomic E-state index is -4.30. The molecule has 2 atom stereocenters. The predicted molar refractivity (Wildman–Crippen MR) is 291 cm³/mol. The van der Waals surface area contributed by atoms with E-state index in [0.717, 1.165) is 113 Å². The van der Waals surface area contributed by atoms with Gasteiger partial charge in [-0.2, -0.15) is 8.42 Å². The first-order chi connectivity index (χ1) is 36.0. The van der Waals surface area contributed by atoms with E-state index in [1.165, 1.54) is 24.3 Å². The number of aromatic hydroxyl groups is 1. The number of aryl methyl sites for hydroxylation is 2. The first kappa shape index (κ1) is 53.2. The van der Waals surface area contributed by atoms with Crippen LogP contribution < -0.4 is 42.6 Å². The molecule has 2 N–H and O–H groups in total. The number of hydrogen-bond acceptors (Lipinski definition) is 19. The Hall–Kier alpha value is -5.24. The van der Waals surface area contributed by atoms with E-state index in [1.54, 1.807) is 80.9 Å². The van der Waals surface area contributed by atoms with Crippen molar-refractivity contribution in [3.63, 3.8) is 0 Å². The molecule has 0 aliphatic carbocycles. The molecule has 2 aromatic carbocycles. The Labute approximate surface area is 455 Å². The minimum absolute atomic E-state index is 0.0513. The zero-order valence-corrected chi connectivity index (χ0v) is 47.4. The van der Waals surface area contributed by atoms with Gasteiger partial charge in [-0.25, -0.2) is 8.42 Å². The quantitative estimate of drug-likeness (QED) is 0.0998. The summed E-state index contributed by atoms with van der Waals surface area (Å²) < 4.78 is 123. The molecule has 0 amide bonds. The predicted octanol–water partition coefficient (Wildman–Crippen LogP) is 12.5. The monoisotopic (exact) mass is 1160 g/mol. The summed E-state index contributed by atoms with van der Waals surface area (Å²) in [6, 6.07) is 12.4. The van der Waals surface area contributed by atoms with E-state index in [1.807, 2.05) is 0 Å². The summed E-state index contributed by atoms with van der Waals surface area (Å²) in [6.07, 6.45) is 1.99. The molecular weight excluding hydrogens is 1110 g/mol. The van der Waals surface area contributed by atoms with Gasteiger partial charge in [-0.3, -0.25) is 4.55 Å². The molecule has 7 aromatic rings. The highest BCUT2D eigenvalue weighted by Gasteiger charge is 2.40. The Morgan fingerprint density at radius 1 is 0.467 bits per heavy atom. The van der Waals surface area contributed by atoms with Gasteiger partial charge in [-0.15, -0.1) is 56.7 Å². The summed E-state index contributed by atoms with van der Waals surface area (Å²) in [6.45, 7) is 17.4. The van der Waals surface area contributed by atoms with E-state index in [-0.39, 0.29) is 9.79 Å². The van der Waals surface area contributed by atoms with Crippen molar-refractivity contribution >= 4 is 76.9 Å². The van der Waals surface area contributed by atoms with E-state index >= 15 is 0 Å².